The van der Waals surface area contributed by atoms with Crippen LogP contribution in [-0.2, 0) is 0 Å². The van der Waals surface area contributed by atoms with E-state index in [4.69, 9.17) is 4.74 Å². The quantitative estimate of drug-likeness (QED) is 0.866. The molecule has 4 heteroatoms. The Morgan fingerprint density at radius 3 is 2.79 bits per heavy atom. The lowest BCUT2D eigenvalue weighted by Crippen LogP contribution is -2.28. The molecule has 0 saturated carbocycles. The highest BCUT2D eigenvalue weighted by Gasteiger charge is 2.10. The van der Waals surface area contributed by atoms with Crippen LogP contribution in [0.5, 0.6) is 5.75 Å². The van der Waals surface area contributed by atoms with Crippen molar-refractivity contribution in [3.8, 4) is 5.75 Å². The SMILES string of the molecule is CCCN(CCO)c1nccc2cc(OC)ccc12. The number of rotatable bonds is 6. The Bertz CT molecular complexity index is 537. The Morgan fingerprint density at radius 2 is 2.11 bits per heavy atom. The Hall–Kier alpha value is -1.81. The molecule has 0 saturated heterocycles. The van der Waals surface area contributed by atoms with E-state index in [0.717, 1.165) is 35.3 Å². The molecule has 1 aromatic carbocycles. The molecular weight excluding hydrogens is 240 g/mol. The lowest BCUT2D eigenvalue weighted by atomic mass is 10.1. The molecule has 0 spiro atoms. The van der Waals surface area contributed by atoms with Gasteiger partial charge in [0.25, 0.3) is 0 Å². The molecule has 19 heavy (non-hydrogen) atoms. The maximum absolute atomic E-state index is 9.19. The molecule has 4 nitrogen and oxygen atoms in total. The molecule has 1 heterocycles. The third-order valence-corrected chi connectivity index (χ3v) is 3.11. The minimum absolute atomic E-state index is 0.133. The molecule has 0 aliphatic carbocycles. The normalized spacial score (nSPS) is 10.7. The van der Waals surface area contributed by atoms with Gasteiger partial charge in [-0.1, -0.05) is 6.92 Å². The summed E-state index contributed by atoms with van der Waals surface area (Å²) in [5, 5.41) is 11.4. The second-order valence-electron chi connectivity index (χ2n) is 4.43. The number of fused-ring (bicyclic) bond motifs is 1. The highest BCUT2D eigenvalue weighted by molar-refractivity contribution is 5.93. The topological polar surface area (TPSA) is 45.6 Å². The van der Waals surface area contributed by atoms with Gasteiger partial charge in [0.1, 0.15) is 11.6 Å². The molecule has 0 bridgehead atoms. The van der Waals surface area contributed by atoms with Crippen LogP contribution in [0.2, 0.25) is 0 Å². The van der Waals surface area contributed by atoms with E-state index >= 15 is 0 Å². The first kappa shape index (κ1) is 13.6. The standard InChI is InChI=1S/C15H20N2O2/c1-3-8-17(9-10-18)15-14-5-4-13(19-2)11-12(14)6-7-16-15/h4-7,11,18H,3,8-10H2,1-2H3. The van der Waals surface area contributed by atoms with E-state index in [2.05, 4.69) is 16.8 Å². The van der Waals surface area contributed by atoms with Crippen LogP contribution in [-0.4, -0.2) is 36.9 Å². The van der Waals surface area contributed by atoms with E-state index in [9.17, 15) is 5.11 Å². The van der Waals surface area contributed by atoms with Gasteiger partial charge < -0.3 is 14.7 Å². The smallest absolute Gasteiger partial charge is 0.136 e. The number of anilines is 1. The van der Waals surface area contributed by atoms with Crippen LogP contribution < -0.4 is 9.64 Å². The maximum Gasteiger partial charge on any atom is 0.136 e. The zero-order chi connectivity index (χ0) is 13.7. The average molecular weight is 260 g/mol. The molecular formula is C15H20N2O2. The summed E-state index contributed by atoms with van der Waals surface area (Å²) in [4.78, 5) is 6.59. The lowest BCUT2D eigenvalue weighted by Gasteiger charge is -2.23. The van der Waals surface area contributed by atoms with Crippen molar-refractivity contribution >= 4 is 16.6 Å². The van der Waals surface area contributed by atoms with Gasteiger partial charge in [0, 0.05) is 24.7 Å². The third kappa shape index (κ3) is 2.96. The number of hydrogen-bond acceptors (Lipinski definition) is 4. The number of aliphatic hydroxyl groups is 1. The van der Waals surface area contributed by atoms with Crippen molar-refractivity contribution in [2.45, 2.75) is 13.3 Å². The van der Waals surface area contributed by atoms with Crippen LogP contribution >= 0.6 is 0 Å². The summed E-state index contributed by atoms with van der Waals surface area (Å²) in [6.07, 6.45) is 2.82. The fourth-order valence-electron chi connectivity index (χ4n) is 2.23. The van der Waals surface area contributed by atoms with Crippen LogP contribution in [0.25, 0.3) is 10.8 Å². The monoisotopic (exact) mass is 260 g/mol. The van der Waals surface area contributed by atoms with Crippen molar-refractivity contribution in [1.82, 2.24) is 4.98 Å². The molecule has 0 aliphatic heterocycles. The number of aromatic nitrogens is 1. The Balaban J connectivity index is 2.46. The molecule has 0 aliphatic rings. The van der Waals surface area contributed by atoms with Gasteiger partial charge in [0.05, 0.1) is 13.7 Å². The molecule has 102 valence electrons. The van der Waals surface area contributed by atoms with E-state index in [-0.39, 0.29) is 6.61 Å². The van der Waals surface area contributed by atoms with Crippen LogP contribution in [0.3, 0.4) is 0 Å². The van der Waals surface area contributed by atoms with Crippen LogP contribution in [0.4, 0.5) is 5.82 Å². The van der Waals surface area contributed by atoms with E-state index in [0.29, 0.717) is 6.54 Å². The number of nitrogens with zero attached hydrogens (tertiary/aromatic N) is 2. The maximum atomic E-state index is 9.19. The van der Waals surface area contributed by atoms with E-state index < -0.39 is 0 Å². The van der Waals surface area contributed by atoms with Crippen molar-refractivity contribution in [3.63, 3.8) is 0 Å². The second kappa shape index (κ2) is 6.38. The molecule has 0 atom stereocenters. The fraction of sp³-hybridized carbons (Fsp3) is 0.400. The fourth-order valence-corrected chi connectivity index (χ4v) is 2.23. The van der Waals surface area contributed by atoms with Crippen molar-refractivity contribution in [3.05, 3.63) is 30.5 Å². The second-order valence-corrected chi connectivity index (χ2v) is 4.43. The van der Waals surface area contributed by atoms with Crippen LogP contribution in [0.1, 0.15) is 13.3 Å². The van der Waals surface area contributed by atoms with Crippen molar-refractivity contribution in [2.75, 3.05) is 31.7 Å². The van der Waals surface area contributed by atoms with Crippen LogP contribution in [0, 0.1) is 0 Å². The summed E-state index contributed by atoms with van der Waals surface area (Å²) in [6, 6.07) is 7.95. The summed E-state index contributed by atoms with van der Waals surface area (Å²) in [6.45, 7) is 3.75. The summed E-state index contributed by atoms with van der Waals surface area (Å²) in [5.74, 6) is 1.77. The molecule has 2 rings (SSSR count). The van der Waals surface area contributed by atoms with Gasteiger partial charge >= 0.3 is 0 Å². The van der Waals surface area contributed by atoms with Crippen molar-refractivity contribution < 1.29 is 9.84 Å². The average Bonchev–Trinajstić information content (AvgIpc) is 2.46. The summed E-state index contributed by atoms with van der Waals surface area (Å²) in [7, 11) is 1.67. The van der Waals surface area contributed by atoms with Crippen molar-refractivity contribution in [2.24, 2.45) is 0 Å². The number of hydrogen-bond donors (Lipinski definition) is 1. The van der Waals surface area contributed by atoms with Gasteiger partial charge in [0.2, 0.25) is 0 Å². The predicted octanol–water partition coefficient (Wildman–Crippen LogP) is 2.45. The minimum Gasteiger partial charge on any atom is -0.497 e. The van der Waals surface area contributed by atoms with E-state index in [1.807, 2.05) is 24.3 Å². The number of ether oxygens (including phenoxy) is 1. The van der Waals surface area contributed by atoms with E-state index in [1.165, 1.54) is 0 Å². The van der Waals surface area contributed by atoms with Gasteiger partial charge in [-0.15, -0.1) is 0 Å². The van der Waals surface area contributed by atoms with Gasteiger partial charge in [-0.3, -0.25) is 0 Å². The van der Waals surface area contributed by atoms with E-state index in [1.54, 1.807) is 13.3 Å². The van der Waals surface area contributed by atoms with Gasteiger partial charge in [-0.25, -0.2) is 4.98 Å². The summed E-state index contributed by atoms with van der Waals surface area (Å²) in [5.41, 5.74) is 0. The molecule has 1 N–H and O–H groups in total. The molecule has 1 aromatic heterocycles. The molecule has 0 amide bonds. The van der Waals surface area contributed by atoms with Gasteiger partial charge in [-0.05, 0) is 36.1 Å². The largest absolute Gasteiger partial charge is 0.497 e. The summed E-state index contributed by atoms with van der Waals surface area (Å²) >= 11 is 0. The summed E-state index contributed by atoms with van der Waals surface area (Å²) < 4.78 is 5.24. The Labute approximate surface area is 113 Å². The van der Waals surface area contributed by atoms with Crippen LogP contribution in [0.15, 0.2) is 30.5 Å². The van der Waals surface area contributed by atoms with Crippen molar-refractivity contribution in [1.29, 1.82) is 0 Å². The number of methoxy groups -OCH3 is 1. The highest BCUT2D eigenvalue weighted by atomic mass is 16.5. The highest BCUT2D eigenvalue weighted by Crippen LogP contribution is 2.27. The number of benzene rings is 1. The zero-order valence-corrected chi connectivity index (χ0v) is 11.5. The first-order chi connectivity index (χ1) is 9.30. The first-order valence-electron chi connectivity index (χ1n) is 6.58. The molecule has 0 unspecified atom stereocenters. The lowest BCUT2D eigenvalue weighted by molar-refractivity contribution is 0.301. The van der Waals surface area contributed by atoms with Gasteiger partial charge in [-0.2, -0.15) is 0 Å². The molecule has 2 aromatic rings. The predicted molar refractivity (Wildman–Crippen MR) is 77.9 cm³/mol. The molecule has 0 radical (unpaired) electrons. The molecule has 0 fully saturated rings. The Kier molecular flexibility index (Phi) is 4.58. The minimum atomic E-state index is 0.133. The first-order valence-corrected chi connectivity index (χ1v) is 6.58. The van der Waals surface area contributed by atoms with Gasteiger partial charge in [0.15, 0.2) is 0 Å². The number of pyridine rings is 1. The third-order valence-electron chi connectivity index (χ3n) is 3.11. The number of aliphatic hydroxyl groups excluding tert-OH is 1. The zero-order valence-electron chi connectivity index (χ0n) is 11.5. The Morgan fingerprint density at radius 1 is 1.26 bits per heavy atom.